The minimum absolute atomic E-state index is 0.00516. The van der Waals surface area contributed by atoms with Gasteiger partial charge < -0.3 is 28.8 Å². The van der Waals surface area contributed by atoms with Gasteiger partial charge in [-0.1, -0.05) is 23.2 Å². The molecule has 2 unspecified atom stereocenters. The molecule has 1 N–H and O–H groups in total. The van der Waals surface area contributed by atoms with Crippen LogP contribution in [0.15, 0.2) is 85.1 Å². The lowest BCUT2D eigenvalue weighted by Crippen LogP contribution is -2.24. The molecule has 0 bridgehead atoms. The van der Waals surface area contributed by atoms with Gasteiger partial charge in [-0.2, -0.15) is 13.2 Å². The van der Waals surface area contributed by atoms with Gasteiger partial charge in [0.15, 0.2) is 12.2 Å². The molecular weight excluding hydrogens is 642 g/mol. The highest BCUT2D eigenvalue weighted by Crippen LogP contribution is 2.33. The molecule has 0 spiro atoms. The van der Waals surface area contributed by atoms with Crippen LogP contribution in [0.5, 0.6) is 34.6 Å². The van der Waals surface area contributed by atoms with Gasteiger partial charge in [0, 0.05) is 17.3 Å². The van der Waals surface area contributed by atoms with Gasteiger partial charge >= 0.3 is 18.1 Å². The number of pyridine rings is 1. The van der Waals surface area contributed by atoms with Crippen LogP contribution in [-0.2, 0) is 20.5 Å². The molecule has 0 saturated carbocycles. The second-order valence-electron chi connectivity index (χ2n) is 8.99. The SMILES string of the molecule is CC(Oc1ccc(Oc2ccc(C(F)(F)F)cn2)cc1)C(=O)O.COC(=O)C(C)Oc1ccc(Oc2ccc(Cl)cc2Cl)cc1. The minimum atomic E-state index is -4.45. The predicted molar refractivity (Wildman–Crippen MR) is 159 cm³/mol. The van der Waals surface area contributed by atoms with E-state index < -0.39 is 35.9 Å². The molecule has 0 fully saturated rings. The second-order valence-corrected chi connectivity index (χ2v) is 9.83. The van der Waals surface area contributed by atoms with Crippen molar-refractivity contribution >= 4 is 35.1 Å². The number of ether oxygens (including phenoxy) is 5. The highest BCUT2D eigenvalue weighted by molar-refractivity contribution is 6.35. The van der Waals surface area contributed by atoms with E-state index in [1.165, 1.54) is 38.3 Å². The van der Waals surface area contributed by atoms with Gasteiger partial charge in [0.05, 0.1) is 17.7 Å². The number of methoxy groups -OCH3 is 1. The summed E-state index contributed by atoms with van der Waals surface area (Å²) in [6, 6.07) is 19.7. The summed E-state index contributed by atoms with van der Waals surface area (Å²) in [5.74, 6) is 0.746. The number of carboxylic acid groups (broad SMARTS) is 1. The molecule has 238 valence electrons. The molecule has 9 nitrogen and oxygen atoms in total. The van der Waals surface area contributed by atoms with Gasteiger partial charge in [0.25, 0.3) is 0 Å². The number of esters is 1. The number of carbonyl (C=O) groups is 2. The van der Waals surface area contributed by atoms with E-state index >= 15 is 0 Å². The van der Waals surface area contributed by atoms with Crippen molar-refractivity contribution in [3.05, 3.63) is 101 Å². The number of nitrogens with zero attached hydrogens (tertiary/aromatic N) is 1. The Labute approximate surface area is 266 Å². The van der Waals surface area contributed by atoms with Crippen LogP contribution in [0.4, 0.5) is 13.2 Å². The Balaban J connectivity index is 0.000000246. The van der Waals surface area contributed by atoms with Gasteiger partial charge in [-0.05, 0) is 86.6 Å². The summed E-state index contributed by atoms with van der Waals surface area (Å²) >= 11 is 11.9. The Bertz CT molecular complexity index is 1570. The quantitative estimate of drug-likeness (QED) is 0.166. The van der Waals surface area contributed by atoms with E-state index in [-0.39, 0.29) is 5.88 Å². The fraction of sp³-hybridized carbons (Fsp3) is 0.194. The van der Waals surface area contributed by atoms with Gasteiger partial charge in [-0.25, -0.2) is 14.6 Å². The van der Waals surface area contributed by atoms with E-state index in [0.717, 1.165) is 12.1 Å². The highest BCUT2D eigenvalue weighted by atomic mass is 35.5. The van der Waals surface area contributed by atoms with E-state index in [4.69, 9.17) is 47.3 Å². The number of hydrogen-bond acceptors (Lipinski definition) is 8. The number of benzene rings is 3. The van der Waals surface area contributed by atoms with Crippen molar-refractivity contribution in [2.45, 2.75) is 32.2 Å². The summed E-state index contributed by atoms with van der Waals surface area (Å²) < 4.78 is 63.4. The summed E-state index contributed by atoms with van der Waals surface area (Å²) in [6.45, 7) is 3.00. The molecule has 0 amide bonds. The maximum absolute atomic E-state index is 12.4. The van der Waals surface area contributed by atoms with Crippen LogP contribution in [0, 0.1) is 0 Å². The van der Waals surface area contributed by atoms with E-state index in [1.54, 1.807) is 49.4 Å². The topological polar surface area (TPSA) is 113 Å². The fourth-order valence-electron chi connectivity index (χ4n) is 3.26. The Morgan fingerprint density at radius 3 is 1.78 bits per heavy atom. The van der Waals surface area contributed by atoms with E-state index in [9.17, 15) is 22.8 Å². The number of hydrogen-bond donors (Lipinski definition) is 1. The standard InChI is InChI=1S/C16H14Cl2O4.C15H12F3NO4/c1-10(16(19)20-2)21-12-4-6-13(7-5-12)22-15-8-3-11(17)9-14(15)18;1-9(14(20)21)22-11-3-5-12(6-4-11)23-13-7-2-10(8-19-13)15(16,17)18/h3-10H,1-2H3;2-9H,1H3,(H,20,21). The molecule has 1 aromatic heterocycles. The van der Waals surface area contributed by atoms with Crippen molar-refractivity contribution < 1.29 is 51.6 Å². The van der Waals surface area contributed by atoms with Gasteiger partial charge in [-0.15, -0.1) is 0 Å². The molecule has 4 aromatic rings. The van der Waals surface area contributed by atoms with Crippen molar-refractivity contribution in [1.82, 2.24) is 4.98 Å². The Morgan fingerprint density at radius 1 is 0.778 bits per heavy atom. The maximum atomic E-state index is 12.4. The van der Waals surface area contributed by atoms with Crippen LogP contribution in [-0.4, -0.2) is 41.3 Å². The van der Waals surface area contributed by atoms with Crippen molar-refractivity contribution in [1.29, 1.82) is 0 Å². The molecule has 1 heterocycles. The molecule has 3 aromatic carbocycles. The third kappa shape index (κ3) is 11.1. The number of carbonyl (C=O) groups excluding carboxylic acids is 1. The smallest absolute Gasteiger partial charge is 0.417 e. The lowest BCUT2D eigenvalue weighted by molar-refractivity contribution is -0.148. The van der Waals surface area contributed by atoms with Crippen LogP contribution in [0.1, 0.15) is 19.4 Å². The zero-order valence-corrected chi connectivity index (χ0v) is 25.4. The first-order valence-corrected chi connectivity index (χ1v) is 13.7. The molecular formula is C31H26Cl2F3NO8. The minimum Gasteiger partial charge on any atom is -0.479 e. The van der Waals surface area contributed by atoms with Crippen LogP contribution < -0.4 is 18.9 Å². The summed E-state index contributed by atoms with van der Waals surface area (Å²) in [7, 11) is 1.31. The number of aliphatic carboxylic acids is 1. The molecule has 0 radical (unpaired) electrons. The molecule has 0 aliphatic heterocycles. The van der Waals surface area contributed by atoms with Crippen LogP contribution >= 0.6 is 23.2 Å². The van der Waals surface area contributed by atoms with Crippen LogP contribution in [0.2, 0.25) is 10.0 Å². The van der Waals surface area contributed by atoms with E-state index in [0.29, 0.717) is 45.0 Å². The summed E-state index contributed by atoms with van der Waals surface area (Å²) in [5, 5.41) is 9.70. The van der Waals surface area contributed by atoms with Crippen molar-refractivity contribution in [2.75, 3.05) is 7.11 Å². The lowest BCUT2D eigenvalue weighted by atomic mass is 10.3. The summed E-state index contributed by atoms with van der Waals surface area (Å²) in [4.78, 5) is 25.5. The zero-order chi connectivity index (χ0) is 33.1. The third-order valence-electron chi connectivity index (χ3n) is 5.56. The Hall–Kier alpha value is -4.68. The lowest BCUT2D eigenvalue weighted by Gasteiger charge is -2.13. The predicted octanol–water partition coefficient (Wildman–Crippen LogP) is 8.47. The number of carboxylic acids is 1. The monoisotopic (exact) mass is 667 g/mol. The maximum Gasteiger partial charge on any atom is 0.417 e. The van der Waals surface area contributed by atoms with Crippen molar-refractivity contribution in [2.24, 2.45) is 0 Å². The second kappa shape index (κ2) is 15.9. The van der Waals surface area contributed by atoms with Crippen LogP contribution in [0.25, 0.3) is 0 Å². The largest absolute Gasteiger partial charge is 0.479 e. The van der Waals surface area contributed by atoms with Crippen molar-refractivity contribution in [3.8, 4) is 34.6 Å². The summed E-state index contributed by atoms with van der Waals surface area (Å²) in [5.41, 5.74) is -0.865. The van der Waals surface area contributed by atoms with Crippen LogP contribution in [0.3, 0.4) is 0 Å². The number of rotatable bonds is 10. The molecule has 45 heavy (non-hydrogen) atoms. The average molecular weight is 668 g/mol. The number of halogens is 5. The molecule has 0 aliphatic rings. The first-order chi connectivity index (χ1) is 21.2. The van der Waals surface area contributed by atoms with E-state index in [1.807, 2.05) is 0 Å². The Morgan fingerprint density at radius 2 is 1.31 bits per heavy atom. The molecule has 0 aliphatic carbocycles. The average Bonchev–Trinajstić information content (AvgIpc) is 3.00. The highest BCUT2D eigenvalue weighted by Gasteiger charge is 2.30. The number of alkyl halides is 3. The zero-order valence-electron chi connectivity index (χ0n) is 23.9. The molecule has 14 heteroatoms. The normalized spacial score (nSPS) is 12.1. The Kier molecular flexibility index (Phi) is 12.3. The van der Waals surface area contributed by atoms with E-state index in [2.05, 4.69) is 9.72 Å². The third-order valence-corrected chi connectivity index (χ3v) is 6.09. The van der Waals surface area contributed by atoms with Gasteiger partial charge in [0.1, 0.15) is 28.7 Å². The summed E-state index contributed by atoms with van der Waals surface area (Å²) in [6.07, 6.45) is -5.45. The van der Waals surface area contributed by atoms with Gasteiger partial charge in [0.2, 0.25) is 5.88 Å². The van der Waals surface area contributed by atoms with Gasteiger partial charge in [-0.3, -0.25) is 0 Å². The molecule has 4 rings (SSSR count). The fourth-order valence-corrected chi connectivity index (χ4v) is 3.71. The van der Waals surface area contributed by atoms with Crippen molar-refractivity contribution in [3.63, 3.8) is 0 Å². The molecule has 0 saturated heterocycles. The molecule has 2 atom stereocenters. The number of aromatic nitrogens is 1. The first kappa shape index (κ1) is 34.8. The first-order valence-electron chi connectivity index (χ1n) is 12.9.